The zero-order chi connectivity index (χ0) is 16.2. The van der Waals surface area contributed by atoms with Gasteiger partial charge in [-0.05, 0) is 37.1 Å². The van der Waals surface area contributed by atoms with Crippen molar-refractivity contribution < 1.29 is 19.1 Å². The third-order valence-electron chi connectivity index (χ3n) is 4.25. The van der Waals surface area contributed by atoms with Crippen LogP contribution < -0.4 is 4.74 Å². The molecule has 124 valence electrons. The summed E-state index contributed by atoms with van der Waals surface area (Å²) >= 11 is 0. The van der Waals surface area contributed by atoms with Gasteiger partial charge in [-0.1, -0.05) is 0 Å². The van der Waals surface area contributed by atoms with E-state index in [0.717, 1.165) is 24.2 Å². The van der Waals surface area contributed by atoms with E-state index < -0.39 is 0 Å². The number of hydrogen-bond acceptors (Lipinski definition) is 4. The van der Waals surface area contributed by atoms with Crippen LogP contribution in [0.5, 0.6) is 5.75 Å². The molecule has 0 N–H and O–H groups in total. The van der Waals surface area contributed by atoms with E-state index in [0.29, 0.717) is 45.0 Å². The fourth-order valence-electron chi connectivity index (χ4n) is 3.02. The fraction of sp³-hybridized carbons (Fsp3) is 0.529. The van der Waals surface area contributed by atoms with Gasteiger partial charge in [-0.25, -0.2) is 4.79 Å². The number of amides is 2. The average molecular weight is 318 g/mol. The van der Waals surface area contributed by atoms with Crippen molar-refractivity contribution in [2.45, 2.75) is 19.8 Å². The first-order chi connectivity index (χ1) is 11.2. The second kappa shape index (κ2) is 6.89. The summed E-state index contributed by atoms with van der Waals surface area (Å²) in [4.78, 5) is 28.0. The quantitative estimate of drug-likeness (QED) is 0.836. The smallest absolute Gasteiger partial charge is 0.409 e. The highest BCUT2D eigenvalue weighted by Gasteiger charge is 2.24. The predicted octanol–water partition coefficient (Wildman–Crippen LogP) is 1.93. The van der Waals surface area contributed by atoms with Gasteiger partial charge in [0.25, 0.3) is 5.91 Å². The van der Waals surface area contributed by atoms with Crippen LogP contribution in [0.15, 0.2) is 18.2 Å². The minimum Gasteiger partial charge on any atom is -0.493 e. The van der Waals surface area contributed by atoms with Crippen LogP contribution in [0.3, 0.4) is 0 Å². The molecule has 0 atom stereocenters. The maximum absolute atomic E-state index is 12.7. The first-order valence-electron chi connectivity index (χ1n) is 8.15. The molecule has 23 heavy (non-hydrogen) atoms. The van der Waals surface area contributed by atoms with E-state index >= 15 is 0 Å². The summed E-state index contributed by atoms with van der Waals surface area (Å²) in [5.74, 6) is 0.899. The van der Waals surface area contributed by atoms with Gasteiger partial charge in [0.15, 0.2) is 0 Å². The second-order valence-corrected chi connectivity index (χ2v) is 5.75. The van der Waals surface area contributed by atoms with Crippen LogP contribution in [0.2, 0.25) is 0 Å². The maximum atomic E-state index is 12.7. The molecule has 2 heterocycles. The third-order valence-corrected chi connectivity index (χ3v) is 4.25. The maximum Gasteiger partial charge on any atom is 0.409 e. The van der Waals surface area contributed by atoms with Crippen molar-refractivity contribution >= 4 is 12.0 Å². The van der Waals surface area contributed by atoms with Gasteiger partial charge < -0.3 is 19.3 Å². The lowest BCUT2D eigenvalue weighted by Crippen LogP contribution is -2.37. The molecule has 2 aliphatic heterocycles. The van der Waals surface area contributed by atoms with E-state index in [2.05, 4.69) is 0 Å². The minimum absolute atomic E-state index is 0.0189. The van der Waals surface area contributed by atoms with Gasteiger partial charge in [-0.3, -0.25) is 4.79 Å². The summed E-state index contributed by atoms with van der Waals surface area (Å²) < 4.78 is 10.5. The highest BCUT2D eigenvalue weighted by Crippen LogP contribution is 2.26. The van der Waals surface area contributed by atoms with Gasteiger partial charge in [0.05, 0.1) is 13.2 Å². The summed E-state index contributed by atoms with van der Waals surface area (Å²) in [5, 5.41) is 0. The number of ether oxygens (including phenoxy) is 2. The number of carbonyl (C=O) groups excluding carboxylic acids is 2. The molecule has 1 saturated heterocycles. The lowest BCUT2D eigenvalue weighted by atomic mass is 10.1. The van der Waals surface area contributed by atoms with Crippen molar-refractivity contribution in [1.82, 2.24) is 9.80 Å². The Morgan fingerprint density at radius 2 is 1.96 bits per heavy atom. The molecule has 1 aromatic rings. The van der Waals surface area contributed by atoms with E-state index in [1.807, 2.05) is 23.1 Å². The Morgan fingerprint density at radius 3 is 2.78 bits per heavy atom. The zero-order valence-electron chi connectivity index (χ0n) is 13.4. The first-order valence-corrected chi connectivity index (χ1v) is 8.15. The molecule has 1 aromatic carbocycles. The van der Waals surface area contributed by atoms with Gasteiger partial charge in [0.1, 0.15) is 5.75 Å². The van der Waals surface area contributed by atoms with Crippen LogP contribution >= 0.6 is 0 Å². The lowest BCUT2D eigenvalue weighted by molar-refractivity contribution is 0.0753. The number of fused-ring (bicyclic) bond motifs is 1. The Balaban J connectivity index is 1.65. The fourth-order valence-corrected chi connectivity index (χ4v) is 3.02. The van der Waals surface area contributed by atoms with Crippen LogP contribution in [0.1, 0.15) is 29.3 Å². The third kappa shape index (κ3) is 3.41. The van der Waals surface area contributed by atoms with Crippen LogP contribution in [-0.4, -0.2) is 61.2 Å². The molecule has 0 saturated carbocycles. The molecule has 0 bridgehead atoms. The molecule has 0 spiro atoms. The summed E-state index contributed by atoms with van der Waals surface area (Å²) in [6.45, 7) is 5.18. The predicted molar refractivity (Wildman–Crippen MR) is 84.8 cm³/mol. The molecule has 0 aromatic heterocycles. The zero-order valence-corrected chi connectivity index (χ0v) is 13.4. The number of carbonyl (C=O) groups is 2. The average Bonchev–Trinajstić information content (AvgIpc) is 2.88. The Kier molecular flexibility index (Phi) is 4.69. The van der Waals surface area contributed by atoms with Gasteiger partial charge in [0.2, 0.25) is 0 Å². The Labute approximate surface area is 136 Å². The van der Waals surface area contributed by atoms with Gasteiger partial charge in [0, 0.05) is 38.2 Å². The number of nitrogens with zero attached hydrogens (tertiary/aromatic N) is 2. The molecule has 6 heteroatoms. The minimum atomic E-state index is -0.295. The first kappa shape index (κ1) is 15.6. The highest BCUT2D eigenvalue weighted by atomic mass is 16.6. The van der Waals surface area contributed by atoms with Gasteiger partial charge in [-0.15, -0.1) is 0 Å². The van der Waals surface area contributed by atoms with Gasteiger partial charge >= 0.3 is 6.09 Å². The molecule has 0 aliphatic carbocycles. The molecule has 2 aliphatic rings. The van der Waals surface area contributed by atoms with E-state index in [-0.39, 0.29) is 12.0 Å². The summed E-state index contributed by atoms with van der Waals surface area (Å²) in [7, 11) is 0. The van der Waals surface area contributed by atoms with Crippen LogP contribution in [-0.2, 0) is 11.2 Å². The number of rotatable bonds is 2. The van der Waals surface area contributed by atoms with Crippen molar-refractivity contribution in [2.75, 3.05) is 39.4 Å². The highest BCUT2D eigenvalue weighted by molar-refractivity contribution is 5.94. The lowest BCUT2D eigenvalue weighted by Gasteiger charge is -2.22. The van der Waals surface area contributed by atoms with Crippen molar-refractivity contribution in [3.63, 3.8) is 0 Å². The van der Waals surface area contributed by atoms with Crippen molar-refractivity contribution in [1.29, 1.82) is 0 Å². The standard InChI is InChI=1S/C17H22N2O4/c1-2-22-17(21)19-8-3-7-18(9-10-19)16(20)14-4-5-15-13(12-14)6-11-23-15/h4-5,12H,2-3,6-11H2,1H3. The molecule has 2 amide bonds. The molecule has 0 radical (unpaired) electrons. The van der Waals surface area contributed by atoms with E-state index in [1.54, 1.807) is 11.8 Å². The Bertz CT molecular complexity index is 602. The largest absolute Gasteiger partial charge is 0.493 e. The van der Waals surface area contributed by atoms with Crippen molar-refractivity contribution in [2.24, 2.45) is 0 Å². The van der Waals surface area contributed by atoms with E-state index in [9.17, 15) is 9.59 Å². The van der Waals surface area contributed by atoms with Crippen LogP contribution in [0, 0.1) is 0 Å². The van der Waals surface area contributed by atoms with Crippen LogP contribution in [0.25, 0.3) is 0 Å². The SMILES string of the molecule is CCOC(=O)N1CCCN(C(=O)c2ccc3c(c2)CCO3)CC1. The molecular weight excluding hydrogens is 296 g/mol. The van der Waals surface area contributed by atoms with Gasteiger partial charge in [-0.2, -0.15) is 0 Å². The topological polar surface area (TPSA) is 59.1 Å². The van der Waals surface area contributed by atoms with Crippen molar-refractivity contribution in [3.8, 4) is 5.75 Å². The Morgan fingerprint density at radius 1 is 1.17 bits per heavy atom. The number of hydrogen-bond donors (Lipinski definition) is 0. The number of benzene rings is 1. The second-order valence-electron chi connectivity index (χ2n) is 5.75. The monoisotopic (exact) mass is 318 g/mol. The Hall–Kier alpha value is -2.24. The summed E-state index contributed by atoms with van der Waals surface area (Å²) in [6, 6.07) is 5.62. The van der Waals surface area contributed by atoms with Crippen molar-refractivity contribution in [3.05, 3.63) is 29.3 Å². The molecule has 1 fully saturated rings. The molecule has 6 nitrogen and oxygen atoms in total. The van der Waals surface area contributed by atoms with E-state index in [1.165, 1.54) is 0 Å². The summed E-state index contributed by atoms with van der Waals surface area (Å²) in [5.41, 5.74) is 1.79. The molecule has 0 unspecified atom stereocenters. The van der Waals surface area contributed by atoms with Crippen LogP contribution in [0.4, 0.5) is 4.79 Å². The normalized spacial score (nSPS) is 17.3. The van der Waals surface area contributed by atoms with E-state index in [4.69, 9.17) is 9.47 Å². The summed E-state index contributed by atoms with van der Waals surface area (Å²) in [6.07, 6.45) is 1.32. The molecular formula is C17H22N2O4. The molecule has 3 rings (SSSR count).